The van der Waals surface area contributed by atoms with Crippen molar-refractivity contribution in [3.63, 3.8) is 0 Å². The van der Waals surface area contributed by atoms with Crippen molar-refractivity contribution in [2.45, 2.75) is 13.8 Å². The molecule has 80 valence electrons. The van der Waals surface area contributed by atoms with Gasteiger partial charge in [-0.1, -0.05) is 0 Å². The van der Waals surface area contributed by atoms with Gasteiger partial charge >= 0.3 is 15.3 Å². The molecule has 0 aliphatic carbocycles. The van der Waals surface area contributed by atoms with Gasteiger partial charge in [0.2, 0.25) is 0 Å². The molecule has 0 aromatic carbocycles. The van der Waals surface area contributed by atoms with Crippen LogP contribution in [0.25, 0.3) is 0 Å². The molecule has 0 saturated heterocycles. The highest BCUT2D eigenvalue weighted by Crippen LogP contribution is 2.61. The summed E-state index contributed by atoms with van der Waals surface area (Å²) < 4.78 is 43.1. The van der Waals surface area contributed by atoms with Crippen LogP contribution in [0.1, 0.15) is 13.8 Å². The molecule has 0 radical (unpaired) electrons. The Hall–Kier alpha value is 0.270. The topological polar surface area (TPSA) is 72.8 Å². The zero-order valence-corrected chi connectivity index (χ0v) is 9.26. The second-order valence-electron chi connectivity index (χ2n) is 2.20. The molecule has 13 heavy (non-hydrogen) atoms. The minimum atomic E-state index is -4.48. The first-order chi connectivity index (χ1) is 5.83. The van der Waals surface area contributed by atoms with E-state index in [-0.39, 0.29) is 13.2 Å². The fourth-order valence-corrected chi connectivity index (χ4v) is 3.84. The van der Waals surface area contributed by atoms with Crippen molar-refractivity contribution in [2.24, 2.45) is 0 Å². The van der Waals surface area contributed by atoms with Gasteiger partial charge in [-0.2, -0.15) is 4.20 Å². The fourth-order valence-electron chi connectivity index (χ4n) is 0.690. The Labute approximate surface area is 76.3 Å². The smallest absolute Gasteiger partial charge is 0.324 e. The lowest BCUT2D eigenvalue weighted by Gasteiger charge is -2.13. The minimum Gasteiger partial charge on any atom is -0.324 e. The molecule has 1 N–H and O–H groups in total. The zero-order valence-electron chi connectivity index (χ0n) is 7.47. The molecule has 0 rings (SSSR count). The van der Waals surface area contributed by atoms with Crippen LogP contribution in [0.2, 0.25) is 0 Å². The van der Waals surface area contributed by atoms with Gasteiger partial charge in [0.25, 0.3) is 0 Å². The van der Waals surface area contributed by atoms with Crippen molar-refractivity contribution >= 4 is 15.3 Å². The van der Waals surface area contributed by atoms with Gasteiger partial charge < -0.3 is 13.9 Å². The van der Waals surface area contributed by atoms with E-state index < -0.39 is 21.2 Å². The summed E-state index contributed by atoms with van der Waals surface area (Å²) in [5, 5.41) is 0. The van der Waals surface area contributed by atoms with E-state index >= 15 is 0 Å². The summed E-state index contributed by atoms with van der Waals surface area (Å²) >= 11 is 0. The lowest BCUT2D eigenvalue weighted by atomic mass is 10.9. The molecule has 0 heterocycles. The standard InChI is InChI=1S/C5H13FO5P2/c1-3-10-12(6,7)5-13(8,9)11-4-2/h3-5H2,1-2H3,(H,8,9). The summed E-state index contributed by atoms with van der Waals surface area (Å²) in [4.78, 5) is 8.92. The summed E-state index contributed by atoms with van der Waals surface area (Å²) in [6.07, 6.45) is 0. The molecule has 0 amide bonds. The summed E-state index contributed by atoms with van der Waals surface area (Å²) in [5.74, 6) is -1.08. The molecule has 2 atom stereocenters. The second-order valence-corrected chi connectivity index (χ2v) is 6.31. The molecule has 0 saturated carbocycles. The van der Waals surface area contributed by atoms with E-state index in [0.29, 0.717) is 0 Å². The van der Waals surface area contributed by atoms with Crippen molar-refractivity contribution in [2.75, 3.05) is 19.1 Å². The van der Waals surface area contributed by atoms with Crippen LogP contribution in [0.4, 0.5) is 4.20 Å². The molecule has 0 aliphatic rings. The SMILES string of the molecule is CCOP(=O)(O)CP(=O)(F)OCC. The summed E-state index contributed by atoms with van der Waals surface area (Å²) in [7, 11) is -8.59. The van der Waals surface area contributed by atoms with E-state index in [4.69, 9.17) is 4.89 Å². The van der Waals surface area contributed by atoms with Crippen LogP contribution in [0, 0.1) is 0 Å². The molecular formula is C5H13FO5P2. The van der Waals surface area contributed by atoms with Crippen LogP contribution < -0.4 is 0 Å². The summed E-state index contributed by atoms with van der Waals surface area (Å²) in [6.45, 7) is 2.77. The maximum absolute atomic E-state index is 12.8. The first-order valence-electron chi connectivity index (χ1n) is 3.72. The maximum atomic E-state index is 12.8. The molecule has 8 heteroatoms. The van der Waals surface area contributed by atoms with Crippen LogP contribution in [-0.4, -0.2) is 24.0 Å². The minimum absolute atomic E-state index is 0.0418. The highest BCUT2D eigenvalue weighted by atomic mass is 31.3. The number of halogens is 1. The average Bonchev–Trinajstić information content (AvgIpc) is 1.82. The van der Waals surface area contributed by atoms with Gasteiger partial charge in [-0.05, 0) is 13.8 Å². The number of rotatable bonds is 6. The number of hydrogen-bond acceptors (Lipinski definition) is 4. The molecule has 0 fully saturated rings. The predicted molar refractivity (Wildman–Crippen MR) is 46.7 cm³/mol. The largest absolute Gasteiger partial charge is 0.379 e. The molecule has 0 spiro atoms. The monoisotopic (exact) mass is 234 g/mol. The van der Waals surface area contributed by atoms with Crippen LogP contribution in [-0.2, 0) is 18.2 Å². The Morgan fingerprint density at radius 1 is 1.23 bits per heavy atom. The third-order valence-electron chi connectivity index (χ3n) is 1.00. The first-order valence-corrected chi connectivity index (χ1v) is 7.19. The predicted octanol–water partition coefficient (Wildman–Crippen LogP) is 2.36. The van der Waals surface area contributed by atoms with Gasteiger partial charge in [-0.15, -0.1) is 0 Å². The maximum Gasteiger partial charge on any atom is 0.379 e. The van der Waals surface area contributed by atoms with Gasteiger partial charge in [0, 0.05) is 0 Å². The normalized spacial score (nSPS) is 20.6. The van der Waals surface area contributed by atoms with Gasteiger partial charge in [0.15, 0.2) is 5.90 Å². The van der Waals surface area contributed by atoms with E-state index in [1.807, 2.05) is 0 Å². The summed E-state index contributed by atoms with van der Waals surface area (Å²) in [6, 6.07) is 0. The highest BCUT2D eigenvalue weighted by molar-refractivity contribution is 7.70. The molecule has 5 nitrogen and oxygen atoms in total. The van der Waals surface area contributed by atoms with Crippen molar-refractivity contribution in [1.29, 1.82) is 0 Å². The van der Waals surface area contributed by atoms with Crippen molar-refractivity contribution in [3.05, 3.63) is 0 Å². The number of hydrogen-bond donors (Lipinski definition) is 1. The third kappa shape index (κ3) is 6.36. The first kappa shape index (κ1) is 13.3. The lowest BCUT2D eigenvalue weighted by Crippen LogP contribution is -1.96. The zero-order chi connectivity index (χ0) is 10.5. The Morgan fingerprint density at radius 3 is 2.08 bits per heavy atom. The third-order valence-corrected chi connectivity index (χ3v) is 5.09. The van der Waals surface area contributed by atoms with Crippen molar-refractivity contribution in [3.8, 4) is 0 Å². The van der Waals surface area contributed by atoms with Crippen LogP contribution >= 0.6 is 15.3 Å². The Morgan fingerprint density at radius 2 is 1.69 bits per heavy atom. The van der Waals surface area contributed by atoms with E-state index in [9.17, 15) is 13.3 Å². The molecule has 0 aromatic heterocycles. The van der Waals surface area contributed by atoms with E-state index in [0.717, 1.165) is 0 Å². The van der Waals surface area contributed by atoms with Crippen molar-refractivity contribution in [1.82, 2.24) is 0 Å². The van der Waals surface area contributed by atoms with Crippen molar-refractivity contribution < 1.29 is 27.3 Å². The van der Waals surface area contributed by atoms with Gasteiger partial charge in [0.1, 0.15) is 0 Å². The van der Waals surface area contributed by atoms with Gasteiger partial charge in [-0.3, -0.25) is 9.13 Å². The van der Waals surface area contributed by atoms with E-state index in [1.54, 1.807) is 0 Å². The van der Waals surface area contributed by atoms with Crippen LogP contribution in [0.15, 0.2) is 0 Å². The molecule has 0 aliphatic heterocycles. The summed E-state index contributed by atoms with van der Waals surface area (Å²) in [5.41, 5.74) is 0. The molecule has 0 aromatic rings. The lowest BCUT2D eigenvalue weighted by molar-refractivity contribution is 0.270. The Bertz CT molecular complexity index is 219. The molecule has 2 unspecified atom stereocenters. The highest BCUT2D eigenvalue weighted by Gasteiger charge is 2.34. The average molecular weight is 234 g/mol. The van der Waals surface area contributed by atoms with Crippen LogP contribution in [0.3, 0.4) is 0 Å². The quantitative estimate of drug-likeness (QED) is 0.714. The van der Waals surface area contributed by atoms with Crippen LogP contribution in [0.5, 0.6) is 0 Å². The fraction of sp³-hybridized carbons (Fsp3) is 1.00. The van der Waals surface area contributed by atoms with Gasteiger partial charge in [0.05, 0.1) is 13.2 Å². The Balaban J connectivity index is 4.25. The molecule has 0 bridgehead atoms. The Kier molecular flexibility index (Phi) is 5.33. The van der Waals surface area contributed by atoms with E-state index in [1.165, 1.54) is 13.8 Å². The van der Waals surface area contributed by atoms with E-state index in [2.05, 4.69) is 9.05 Å². The molecular weight excluding hydrogens is 221 g/mol. The second kappa shape index (κ2) is 5.23. The van der Waals surface area contributed by atoms with Gasteiger partial charge in [-0.25, -0.2) is 0 Å².